The van der Waals surface area contributed by atoms with E-state index in [0.29, 0.717) is 23.5 Å². The second kappa shape index (κ2) is 7.79. The van der Waals surface area contributed by atoms with Crippen LogP contribution in [-0.4, -0.2) is 57.0 Å². The van der Waals surface area contributed by atoms with Crippen LogP contribution in [0.1, 0.15) is 30.3 Å². The van der Waals surface area contributed by atoms with E-state index in [4.69, 9.17) is 10.5 Å². The zero-order chi connectivity index (χ0) is 18.7. The Bertz CT molecular complexity index is 798. The van der Waals surface area contributed by atoms with E-state index in [2.05, 4.69) is 15.4 Å². The molecule has 2 amide bonds. The van der Waals surface area contributed by atoms with Gasteiger partial charge in [-0.3, -0.25) is 9.59 Å². The summed E-state index contributed by atoms with van der Waals surface area (Å²) in [5.41, 5.74) is 6.01. The largest absolute Gasteiger partial charge is 0.391 e. The second-order valence-corrected chi connectivity index (χ2v) is 6.56. The van der Waals surface area contributed by atoms with Crippen LogP contribution in [-0.2, 0) is 16.1 Å². The SMILES string of the molecule is C[C@@H](O)[C@H](NC(=O)c1nn(CC2CCOCC2)c2ncccc12)C(N)=O. The third kappa shape index (κ3) is 3.83. The maximum absolute atomic E-state index is 12.6. The monoisotopic (exact) mass is 361 g/mol. The number of pyridine rings is 1. The highest BCUT2D eigenvalue weighted by molar-refractivity contribution is 6.05. The highest BCUT2D eigenvalue weighted by atomic mass is 16.5. The van der Waals surface area contributed by atoms with Crippen LogP contribution < -0.4 is 11.1 Å². The van der Waals surface area contributed by atoms with Crippen LogP contribution in [0.4, 0.5) is 0 Å². The molecule has 140 valence electrons. The first-order valence-corrected chi connectivity index (χ1v) is 8.65. The van der Waals surface area contributed by atoms with E-state index in [1.165, 1.54) is 6.92 Å². The maximum atomic E-state index is 12.6. The Morgan fingerprint density at radius 2 is 2.19 bits per heavy atom. The summed E-state index contributed by atoms with van der Waals surface area (Å²) < 4.78 is 7.10. The van der Waals surface area contributed by atoms with Gasteiger partial charge in [0.1, 0.15) is 6.04 Å². The van der Waals surface area contributed by atoms with E-state index >= 15 is 0 Å². The van der Waals surface area contributed by atoms with Gasteiger partial charge in [-0.05, 0) is 37.8 Å². The lowest BCUT2D eigenvalue weighted by Gasteiger charge is -2.21. The Labute approximate surface area is 150 Å². The summed E-state index contributed by atoms with van der Waals surface area (Å²) in [5.74, 6) is -0.976. The molecule has 1 aliphatic rings. The van der Waals surface area contributed by atoms with Crippen molar-refractivity contribution in [2.75, 3.05) is 13.2 Å². The Morgan fingerprint density at radius 1 is 1.46 bits per heavy atom. The number of hydrogen-bond acceptors (Lipinski definition) is 6. The van der Waals surface area contributed by atoms with Gasteiger partial charge in [0, 0.05) is 26.0 Å². The molecule has 0 aromatic carbocycles. The minimum absolute atomic E-state index is 0.159. The molecule has 0 unspecified atom stereocenters. The van der Waals surface area contributed by atoms with E-state index in [1.54, 1.807) is 23.0 Å². The molecule has 2 aromatic rings. The van der Waals surface area contributed by atoms with Crippen molar-refractivity contribution in [1.29, 1.82) is 0 Å². The molecule has 0 bridgehead atoms. The van der Waals surface area contributed by atoms with Crippen molar-refractivity contribution in [2.24, 2.45) is 11.7 Å². The van der Waals surface area contributed by atoms with Gasteiger partial charge >= 0.3 is 0 Å². The number of amides is 2. The van der Waals surface area contributed by atoms with Crippen LogP contribution in [0.2, 0.25) is 0 Å². The van der Waals surface area contributed by atoms with Gasteiger partial charge in [0.2, 0.25) is 5.91 Å². The number of carbonyl (C=O) groups excluding carboxylic acids is 2. The second-order valence-electron chi connectivity index (χ2n) is 6.56. The molecule has 9 heteroatoms. The molecule has 3 rings (SSSR count). The molecule has 4 N–H and O–H groups in total. The summed E-state index contributed by atoms with van der Waals surface area (Å²) in [6, 6.07) is 2.29. The molecule has 0 aliphatic carbocycles. The van der Waals surface area contributed by atoms with Gasteiger partial charge in [-0.15, -0.1) is 0 Å². The Morgan fingerprint density at radius 3 is 2.85 bits per heavy atom. The highest BCUT2D eigenvalue weighted by Gasteiger charge is 2.27. The predicted molar refractivity (Wildman–Crippen MR) is 93.2 cm³/mol. The standard InChI is InChI=1S/C17H23N5O4/c1-10(23)13(15(18)24)20-17(25)14-12-3-2-6-19-16(12)22(21-14)9-11-4-7-26-8-5-11/h2-3,6,10-11,13,23H,4-5,7-9H2,1H3,(H2,18,24)(H,20,25)/t10-,13+/m1/s1. The lowest BCUT2D eigenvalue weighted by molar-refractivity contribution is -0.122. The van der Waals surface area contributed by atoms with Crippen LogP contribution in [0.3, 0.4) is 0 Å². The number of nitrogens with zero attached hydrogens (tertiary/aromatic N) is 3. The molecular formula is C17H23N5O4. The van der Waals surface area contributed by atoms with Crippen molar-refractivity contribution < 1.29 is 19.4 Å². The number of fused-ring (bicyclic) bond motifs is 1. The fourth-order valence-electron chi connectivity index (χ4n) is 3.12. The smallest absolute Gasteiger partial charge is 0.273 e. The van der Waals surface area contributed by atoms with E-state index in [0.717, 1.165) is 26.1 Å². The van der Waals surface area contributed by atoms with Crippen molar-refractivity contribution in [1.82, 2.24) is 20.1 Å². The van der Waals surface area contributed by atoms with Gasteiger partial charge in [-0.1, -0.05) is 0 Å². The molecule has 2 aromatic heterocycles. The quantitative estimate of drug-likeness (QED) is 0.654. The zero-order valence-electron chi connectivity index (χ0n) is 14.6. The molecule has 1 saturated heterocycles. The molecule has 3 heterocycles. The fourth-order valence-corrected chi connectivity index (χ4v) is 3.12. The molecule has 0 spiro atoms. The van der Waals surface area contributed by atoms with E-state index in [9.17, 15) is 14.7 Å². The van der Waals surface area contributed by atoms with Gasteiger partial charge in [0.05, 0.1) is 11.5 Å². The summed E-state index contributed by atoms with van der Waals surface area (Å²) in [7, 11) is 0. The van der Waals surface area contributed by atoms with E-state index < -0.39 is 24.0 Å². The molecule has 0 radical (unpaired) electrons. The number of carbonyl (C=O) groups is 2. The first-order chi connectivity index (χ1) is 12.5. The number of rotatable bonds is 6. The molecule has 1 fully saturated rings. The summed E-state index contributed by atoms with van der Waals surface area (Å²) in [4.78, 5) is 28.4. The average molecular weight is 361 g/mol. The Kier molecular flexibility index (Phi) is 5.48. The lowest BCUT2D eigenvalue weighted by Crippen LogP contribution is -2.50. The third-order valence-corrected chi connectivity index (χ3v) is 4.57. The van der Waals surface area contributed by atoms with Gasteiger partial charge in [-0.2, -0.15) is 5.10 Å². The number of aliphatic hydroxyl groups is 1. The fraction of sp³-hybridized carbons (Fsp3) is 0.529. The number of ether oxygens (including phenoxy) is 1. The number of nitrogens with one attached hydrogen (secondary N) is 1. The maximum Gasteiger partial charge on any atom is 0.273 e. The van der Waals surface area contributed by atoms with Crippen molar-refractivity contribution in [2.45, 2.75) is 38.5 Å². The van der Waals surface area contributed by atoms with Crippen molar-refractivity contribution in [3.05, 3.63) is 24.0 Å². The Balaban J connectivity index is 1.88. The van der Waals surface area contributed by atoms with Crippen molar-refractivity contribution in [3.8, 4) is 0 Å². The average Bonchev–Trinajstić information content (AvgIpc) is 2.99. The van der Waals surface area contributed by atoms with Gasteiger partial charge in [-0.25, -0.2) is 9.67 Å². The number of nitrogens with two attached hydrogens (primary N) is 1. The van der Waals surface area contributed by atoms with E-state index in [1.807, 2.05) is 0 Å². The first-order valence-electron chi connectivity index (χ1n) is 8.65. The number of aromatic nitrogens is 3. The zero-order valence-corrected chi connectivity index (χ0v) is 14.6. The van der Waals surface area contributed by atoms with Crippen LogP contribution in [0, 0.1) is 5.92 Å². The normalized spacial score (nSPS) is 17.8. The summed E-state index contributed by atoms with van der Waals surface area (Å²) in [5, 5.41) is 17.1. The predicted octanol–water partition coefficient (Wildman–Crippen LogP) is -0.178. The minimum atomic E-state index is -1.19. The van der Waals surface area contributed by atoms with Crippen LogP contribution >= 0.6 is 0 Å². The number of aliphatic hydroxyl groups excluding tert-OH is 1. The van der Waals surface area contributed by atoms with Crippen LogP contribution in [0.25, 0.3) is 11.0 Å². The van der Waals surface area contributed by atoms with Crippen LogP contribution in [0.15, 0.2) is 18.3 Å². The summed E-state index contributed by atoms with van der Waals surface area (Å²) >= 11 is 0. The summed E-state index contributed by atoms with van der Waals surface area (Å²) in [6.45, 7) is 3.47. The highest BCUT2D eigenvalue weighted by Crippen LogP contribution is 2.21. The molecule has 1 aliphatic heterocycles. The first kappa shape index (κ1) is 18.3. The van der Waals surface area contributed by atoms with Gasteiger partial charge in [0.15, 0.2) is 11.3 Å². The molecule has 2 atom stereocenters. The third-order valence-electron chi connectivity index (χ3n) is 4.57. The molecule has 9 nitrogen and oxygen atoms in total. The van der Waals surface area contributed by atoms with Gasteiger partial charge in [0.25, 0.3) is 5.91 Å². The van der Waals surface area contributed by atoms with E-state index in [-0.39, 0.29) is 5.69 Å². The van der Waals surface area contributed by atoms with Gasteiger partial charge < -0.3 is 20.9 Å². The molecular weight excluding hydrogens is 338 g/mol. The summed E-state index contributed by atoms with van der Waals surface area (Å²) in [6.07, 6.45) is 2.40. The Hall–Kier alpha value is -2.52. The topological polar surface area (TPSA) is 132 Å². The molecule has 26 heavy (non-hydrogen) atoms. The van der Waals surface area contributed by atoms with Crippen molar-refractivity contribution >= 4 is 22.8 Å². The van der Waals surface area contributed by atoms with Crippen molar-refractivity contribution in [3.63, 3.8) is 0 Å². The molecule has 0 saturated carbocycles. The van der Waals surface area contributed by atoms with Crippen LogP contribution in [0.5, 0.6) is 0 Å². The lowest BCUT2D eigenvalue weighted by atomic mass is 10.0. The number of hydrogen-bond donors (Lipinski definition) is 3. The minimum Gasteiger partial charge on any atom is -0.391 e. The number of primary amides is 1.